The topological polar surface area (TPSA) is 73.8 Å². The fourth-order valence-corrected chi connectivity index (χ4v) is 4.73. The lowest BCUT2D eigenvalue weighted by molar-refractivity contribution is -0.137. The Morgan fingerprint density at radius 1 is 1.17 bits per heavy atom. The van der Waals surface area contributed by atoms with Crippen molar-refractivity contribution in [3.8, 4) is 11.4 Å². The van der Waals surface area contributed by atoms with Crippen molar-refractivity contribution in [3.05, 3.63) is 56.5 Å². The molecular weight excluding hydrogens is 437 g/mol. The van der Waals surface area contributed by atoms with Gasteiger partial charge in [-0.25, -0.2) is 4.98 Å². The number of benzene rings is 1. The van der Waals surface area contributed by atoms with Gasteiger partial charge in [0.2, 0.25) is 11.7 Å². The number of aromatic nitrogens is 4. The largest absolute Gasteiger partial charge is 0.416 e. The lowest BCUT2D eigenvalue weighted by Gasteiger charge is -2.06. The molecule has 0 amide bonds. The van der Waals surface area contributed by atoms with Crippen LogP contribution in [0.4, 0.5) is 13.2 Å². The molecule has 3 aromatic heterocycles. The van der Waals surface area contributed by atoms with E-state index in [2.05, 4.69) is 15.1 Å². The fourth-order valence-electron chi connectivity index (χ4n) is 2.85. The second kappa shape index (κ2) is 7.55. The first-order chi connectivity index (χ1) is 14.1. The number of rotatable bonds is 4. The van der Waals surface area contributed by atoms with Gasteiger partial charge in [-0.2, -0.15) is 18.2 Å². The highest BCUT2D eigenvalue weighted by Gasteiger charge is 2.30. The SMILES string of the molecule is Cc1sc2nc(SCc3nc(-c4ccc(C(F)(F)F)cc4)no3)n(C)c(=O)c2c1C. The van der Waals surface area contributed by atoms with Gasteiger partial charge in [-0.3, -0.25) is 9.36 Å². The van der Waals surface area contributed by atoms with Crippen molar-refractivity contribution in [2.24, 2.45) is 7.05 Å². The molecule has 156 valence electrons. The monoisotopic (exact) mass is 452 g/mol. The van der Waals surface area contributed by atoms with E-state index in [-0.39, 0.29) is 23.0 Å². The number of halogens is 3. The van der Waals surface area contributed by atoms with Crippen molar-refractivity contribution in [2.45, 2.75) is 30.9 Å². The Labute approximate surface area is 176 Å². The van der Waals surface area contributed by atoms with Crippen molar-refractivity contribution < 1.29 is 17.7 Å². The Balaban J connectivity index is 1.54. The summed E-state index contributed by atoms with van der Waals surface area (Å²) in [6.07, 6.45) is -4.40. The highest BCUT2D eigenvalue weighted by molar-refractivity contribution is 7.98. The molecular formula is C19H15F3N4O2S2. The summed E-state index contributed by atoms with van der Waals surface area (Å²) in [6, 6.07) is 4.54. The number of hydrogen-bond acceptors (Lipinski definition) is 7. The van der Waals surface area contributed by atoms with Gasteiger partial charge in [0.15, 0.2) is 5.16 Å². The number of aryl methyl sites for hydroxylation is 2. The standard InChI is InChI=1S/C19H15F3N4O2S2/c1-9-10(2)30-16-14(9)17(27)26(3)18(24-16)29-8-13-23-15(25-28-13)11-4-6-12(7-5-11)19(20,21)22/h4-7H,8H2,1-3H3. The molecule has 4 rings (SSSR count). The smallest absolute Gasteiger partial charge is 0.338 e. The third-order valence-electron chi connectivity index (χ3n) is 4.63. The van der Waals surface area contributed by atoms with E-state index in [1.807, 2.05) is 13.8 Å². The van der Waals surface area contributed by atoms with Gasteiger partial charge in [0.25, 0.3) is 5.56 Å². The minimum Gasteiger partial charge on any atom is -0.338 e. The highest BCUT2D eigenvalue weighted by Crippen LogP contribution is 2.31. The number of thioether (sulfide) groups is 1. The second-order valence-electron chi connectivity index (χ2n) is 6.60. The van der Waals surface area contributed by atoms with E-state index in [0.29, 0.717) is 20.9 Å². The molecule has 0 spiro atoms. The summed E-state index contributed by atoms with van der Waals surface area (Å²) < 4.78 is 44.8. The lowest BCUT2D eigenvalue weighted by Crippen LogP contribution is -2.19. The van der Waals surface area contributed by atoms with E-state index in [9.17, 15) is 18.0 Å². The van der Waals surface area contributed by atoms with Crippen LogP contribution >= 0.6 is 23.1 Å². The number of nitrogens with zero attached hydrogens (tertiary/aromatic N) is 4. The van der Waals surface area contributed by atoms with Gasteiger partial charge in [-0.05, 0) is 31.5 Å². The molecule has 0 radical (unpaired) electrons. The van der Waals surface area contributed by atoms with Crippen LogP contribution in [0.15, 0.2) is 38.7 Å². The van der Waals surface area contributed by atoms with Crippen LogP contribution in [0.1, 0.15) is 21.9 Å². The van der Waals surface area contributed by atoms with Crippen molar-refractivity contribution in [3.63, 3.8) is 0 Å². The summed E-state index contributed by atoms with van der Waals surface area (Å²) in [6.45, 7) is 3.86. The van der Waals surface area contributed by atoms with Gasteiger partial charge in [-0.15, -0.1) is 11.3 Å². The molecule has 0 bridgehead atoms. The number of fused-ring (bicyclic) bond motifs is 1. The zero-order valence-electron chi connectivity index (χ0n) is 16.1. The predicted octanol–water partition coefficient (Wildman–Crippen LogP) is 4.97. The summed E-state index contributed by atoms with van der Waals surface area (Å²) in [7, 11) is 1.66. The molecule has 0 N–H and O–H groups in total. The third-order valence-corrected chi connectivity index (χ3v) is 6.75. The van der Waals surface area contributed by atoms with Crippen LogP contribution in [0.3, 0.4) is 0 Å². The van der Waals surface area contributed by atoms with E-state index in [0.717, 1.165) is 22.6 Å². The van der Waals surface area contributed by atoms with Gasteiger partial charge >= 0.3 is 6.18 Å². The van der Waals surface area contributed by atoms with Crippen LogP contribution in [0, 0.1) is 13.8 Å². The Kier molecular flexibility index (Phi) is 5.18. The first kappa shape index (κ1) is 20.6. The first-order valence-corrected chi connectivity index (χ1v) is 10.5. The van der Waals surface area contributed by atoms with Crippen LogP contribution in [-0.2, 0) is 19.0 Å². The number of thiophene rings is 1. The minimum atomic E-state index is -4.40. The molecule has 0 saturated heterocycles. The first-order valence-electron chi connectivity index (χ1n) is 8.75. The van der Waals surface area contributed by atoms with Gasteiger partial charge in [-0.1, -0.05) is 29.1 Å². The van der Waals surface area contributed by atoms with Crippen LogP contribution in [0.25, 0.3) is 21.6 Å². The minimum absolute atomic E-state index is 0.111. The normalized spacial score (nSPS) is 12.1. The molecule has 0 saturated carbocycles. The molecule has 1 aromatic carbocycles. The van der Waals surface area contributed by atoms with Crippen molar-refractivity contribution in [1.29, 1.82) is 0 Å². The molecule has 6 nitrogen and oxygen atoms in total. The Morgan fingerprint density at radius 2 is 1.87 bits per heavy atom. The highest BCUT2D eigenvalue weighted by atomic mass is 32.2. The quantitative estimate of drug-likeness (QED) is 0.321. The maximum Gasteiger partial charge on any atom is 0.416 e. The average molecular weight is 452 g/mol. The van der Waals surface area contributed by atoms with Gasteiger partial charge in [0.05, 0.1) is 16.7 Å². The molecule has 11 heteroatoms. The molecule has 0 aliphatic rings. The molecule has 0 atom stereocenters. The lowest BCUT2D eigenvalue weighted by atomic mass is 10.1. The fraction of sp³-hybridized carbons (Fsp3) is 0.263. The zero-order chi connectivity index (χ0) is 21.6. The van der Waals surface area contributed by atoms with Crippen molar-refractivity contribution in [1.82, 2.24) is 19.7 Å². The van der Waals surface area contributed by atoms with E-state index >= 15 is 0 Å². The Morgan fingerprint density at radius 3 is 2.53 bits per heavy atom. The van der Waals surface area contributed by atoms with Crippen molar-refractivity contribution in [2.75, 3.05) is 0 Å². The van der Waals surface area contributed by atoms with Gasteiger partial charge in [0, 0.05) is 17.5 Å². The van der Waals surface area contributed by atoms with Crippen LogP contribution in [0.2, 0.25) is 0 Å². The van der Waals surface area contributed by atoms with E-state index in [1.54, 1.807) is 7.05 Å². The number of alkyl halides is 3. The van der Waals surface area contributed by atoms with Gasteiger partial charge in [0.1, 0.15) is 4.83 Å². The van der Waals surface area contributed by atoms with Crippen LogP contribution in [-0.4, -0.2) is 19.7 Å². The Bertz CT molecular complexity index is 1290. The summed E-state index contributed by atoms with van der Waals surface area (Å²) in [5.41, 5.74) is 0.504. The molecule has 0 unspecified atom stereocenters. The predicted molar refractivity (Wildman–Crippen MR) is 109 cm³/mol. The zero-order valence-corrected chi connectivity index (χ0v) is 17.7. The maximum absolute atomic E-state index is 12.7. The second-order valence-corrected chi connectivity index (χ2v) is 8.74. The molecule has 3 heterocycles. The average Bonchev–Trinajstić information content (AvgIpc) is 3.28. The molecule has 0 aliphatic heterocycles. The molecule has 0 fully saturated rings. The number of hydrogen-bond donors (Lipinski definition) is 0. The van der Waals surface area contributed by atoms with E-state index in [1.165, 1.54) is 39.8 Å². The van der Waals surface area contributed by atoms with Crippen LogP contribution < -0.4 is 5.56 Å². The van der Waals surface area contributed by atoms with Crippen molar-refractivity contribution >= 4 is 33.3 Å². The van der Waals surface area contributed by atoms with E-state index < -0.39 is 11.7 Å². The third kappa shape index (κ3) is 3.74. The van der Waals surface area contributed by atoms with E-state index in [4.69, 9.17) is 4.52 Å². The maximum atomic E-state index is 12.7. The Hall–Kier alpha value is -2.66. The van der Waals surface area contributed by atoms with Gasteiger partial charge < -0.3 is 4.52 Å². The molecule has 30 heavy (non-hydrogen) atoms. The summed E-state index contributed by atoms with van der Waals surface area (Å²) in [5, 5.41) is 4.98. The molecule has 4 aromatic rings. The van der Waals surface area contributed by atoms with Crippen LogP contribution in [0.5, 0.6) is 0 Å². The summed E-state index contributed by atoms with van der Waals surface area (Å²) in [4.78, 5) is 23.2. The summed E-state index contributed by atoms with van der Waals surface area (Å²) in [5.74, 6) is 0.742. The summed E-state index contributed by atoms with van der Waals surface area (Å²) >= 11 is 2.74. The molecule has 0 aliphatic carbocycles.